The number of benzene rings is 2. The van der Waals surface area contributed by atoms with E-state index in [0.29, 0.717) is 6.54 Å². The van der Waals surface area contributed by atoms with Crippen LogP contribution < -0.4 is 5.32 Å². The normalized spacial score (nSPS) is 14.2. The summed E-state index contributed by atoms with van der Waals surface area (Å²) >= 11 is 0. The highest BCUT2D eigenvalue weighted by Crippen LogP contribution is 2.43. The molecule has 1 heterocycles. The van der Waals surface area contributed by atoms with Crippen LogP contribution in [0.3, 0.4) is 0 Å². The number of hydrogen-bond donors (Lipinski definition) is 1. The third kappa shape index (κ3) is 4.16. The van der Waals surface area contributed by atoms with Crippen molar-refractivity contribution in [2.24, 2.45) is 0 Å². The standard InChI is InChI=1S/C25H21FN2O/c1-17-22(13-18-9-11-27-12-10-18)24-14-20(26)7-8-21(24)23(17)15-25(29)28-16-19-5-3-2-4-6-19/h2-14H,15-16H2,1H3,(H,28,29)/b22-13-. The second-order valence-corrected chi connectivity index (χ2v) is 7.07. The van der Waals surface area contributed by atoms with Crippen molar-refractivity contribution in [2.75, 3.05) is 0 Å². The molecule has 0 atom stereocenters. The molecule has 144 valence electrons. The van der Waals surface area contributed by atoms with Crippen LogP contribution in [0.15, 0.2) is 78.6 Å². The number of hydrogen-bond acceptors (Lipinski definition) is 2. The SMILES string of the molecule is CC1=C(CC(=O)NCc2ccccc2)c2ccc(F)cc2/C1=C\c1ccncc1. The molecule has 0 fully saturated rings. The molecule has 0 aliphatic heterocycles. The molecule has 1 aromatic heterocycles. The van der Waals surface area contributed by atoms with Gasteiger partial charge in [0.15, 0.2) is 0 Å². The lowest BCUT2D eigenvalue weighted by Gasteiger charge is -2.08. The topological polar surface area (TPSA) is 42.0 Å². The highest BCUT2D eigenvalue weighted by molar-refractivity contribution is 6.08. The molecular weight excluding hydrogens is 363 g/mol. The van der Waals surface area contributed by atoms with Gasteiger partial charge in [-0.2, -0.15) is 0 Å². The molecule has 0 saturated carbocycles. The van der Waals surface area contributed by atoms with Crippen LogP contribution >= 0.6 is 0 Å². The molecule has 3 aromatic rings. The summed E-state index contributed by atoms with van der Waals surface area (Å²) in [7, 11) is 0. The second kappa shape index (κ2) is 8.23. The lowest BCUT2D eigenvalue weighted by molar-refractivity contribution is -0.120. The zero-order chi connectivity index (χ0) is 20.2. The summed E-state index contributed by atoms with van der Waals surface area (Å²) in [5, 5.41) is 2.98. The number of nitrogens with one attached hydrogen (secondary N) is 1. The summed E-state index contributed by atoms with van der Waals surface area (Å²) < 4.78 is 14.0. The predicted octanol–water partition coefficient (Wildman–Crippen LogP) is 5.25. The number of halogens is 1. The van der Waals surface area contributed by atoms with Crippen LogP contribution in [0.25, 0.3) is 17.2 Å². The Morgan fingerprint density at radius 3 is 2.55 bits per heavy atom. The third-order valence-electron chi connectivity index (χ3n) is 5.14. The quantitative estimate of drug-likeness (QED) is 0.652. The van der Waals surface area contributed by atoms with Gasteiger partial charge in [0, 0.05) is 18.9 Å². The molecule has 1 N–H and O–H groups in total. The monoisotopic (exact) mass is 384 g/mol. The maximum absolute atomic E-state index is 14.0. The van der Waals surface area contributed by atoms with E-state index in [1.54, 1.807) is 24.5 Å². The lowest BCUT2D eigenvalue weighted by atomic mass is 10.0. The molecule has 4 heteroatoms. The van der Waals surface area contributed by atoms with E-state index in [4.69, 9.17) is 0 Å². The number of aromatic nitrogens is 1. The van der Waals surface area contributed by atoms with Crippen molar-refractivity contribution in [3.63, 3.8) is 0 Å². The summed E-state index contributed by atoms with van der Waals surface area (Å²) in [4.78, 5) is 16.7. The van der Waals surface area contributed by atoms with Crippen LogP contribution in [0.4, 0.5) is 4.39 Å². The van der Waals surface area contributed by atoms with E-state index in [1.165, 1.54) is 6.07 Å². The molecular formula is C25H21FN2O. The minimum atomic E-state index is -0.285. The first-order valence-electron chi connectivity index (χ1n) is 9.54. The van der Waals surface area contributed by atoms with Crippen LogP contribution in [-0.4, -0.2) is 10.9 Å². The van der Waals surface area contributed by atoms with Gasteiger partial charge >= 0.3 is 0 Å². The van der Waals surface area contributed by atoms with Crippen LogP contribution in [0.2, 0.25) is 0 Å². The Hall–Kier alpha value is -3.53. The van der Waals surface area contributed by atoms with Crippen molar-refractivity contribution in [3.8, 4) is 0 Å². The lowest BCUT2D eigenvalue weighted by Crippen LogP contribution is -2.22. The molecule has 0 saturated heterocycles. The number of nitrogens with zero attached hydrogens (tertiary/aromatic N) is 1. The average Bonchev–Trinajstić information content (AvgIpc) is 2.99. The van der Waals surface area contributed by atoms with Crippen molar-refractivity contribution >= 4 is 23.1 Å². The van der Waals surface area contributed by atoms with Gasteiger partial charge in [-0.25, -0.2) is 4.39 Å². The molecule has 29 heavy (non-hydrogen) atoms. The minimum Gasteiger partial charge on any atom is -0.352 e. The fourth-order valence-corrected chi connectivity index (χ4v) is 3.63. The molecule has 0 spiro atoms. The summed E-state index contributed by atoms with van der Waals surface area (Å²) in [6, 6.07) is 18.4. The highest BCUT2D eigenvalue weighted by Gasteiger charge is 2.25. The zero-order valence-electron chi connectivity index (χ0n) is 16.2. The Morgan fingerprint density at radius 1 is 1.03 bits per heavy atom. The number of allylic oxidation sites excluding steroid dienone is 2. The zero-order valence-corrected chi connectivity index (χ0v) is 16.2. The number of fused-ring (bicyclic) bond motifs is 1. The van der Waals surface area contributed by atoms with Gasteiger partial charge in [0.05, 0.1) is 6.42 Å². The summed E-state index contributed by atoms with van der Waals surface area (Å²) in [5.41, 5.74) is 6.65. The fraction of sp³-hybridized carbons (Fsp3) is 0.120. The van der Waals surface area contributed by atoms with Gasteiger partial charge in [-0.1, -0.05) is 36.4 Å². The molecule has 3 nitrogen and oxygen atoms in total. The number of rotatable bonds is 5. The molecule has 1 amide bonds. The smallest absolute Gasteiger partial charge is 0.224 e. The van der Waals surface area contributed by atoms with Crippen molar-refractivity contribution in [2.45, 2.75) is 19.9 Å². The Morgan fingerprint density at radius 2 is 1.79 bits per heavy atom. The second-order valence-electron chi connectivity index (χ2n) is 7.07. The van der Waals surface area contributed by atoms with E-state index in [-0.39, 0.29) is 18.1 Å². The number of pyridine rings is 1. The highest BCUT2D eigenvalue weighted by atomic mass is 19.1. The van der Waals surface area contributed by atoms with Crippen LogP contribution in [-0.2, 0) is 11.3 Å². The molecule has 1 aliphatic rings. The summed E-state index contributed by atoms with van der Waals surface area (Å²) in [6.45, 7) is 2.48. The van der Waals surface area contributed by atoms with E-state index in [1.807, 2.05) is 55.5 Å². The van der Waals surface area contributed by atoms with Crippen LogP contribution in [0.5, 0.6) is 0 Å². The Kier molecular flexibility index (Phi) is 5.34. The van der Waals surface area contributed by atoms with Gasteiger partial charge in [0.25, 0.3) is 0 Å². The Labute approximate surface area is 169 Å². The molecule has 0 unspecified atom stereocenters. The number of carbonyl (C=O) groups excluding carboxylic acids is 1. The predicted molar refractivity (Wildman–Crippen MR) is 114 cm³/mol. The molecule has 2 aromatic carbocycles. The molecule has 1 aliphatic carbocycles. The van der Waals surface area contributed by atoms with E-state index < -0.39 is 0 Å². The molecule has 0 radical (unpaired) electrons. The fourth-order valence-electron chi connectivity index (χ4n) is 3.63. The van der Waals surface area contributed by atoms with Gasteiger partial charge in [-0.3, -0.25) is 9.78 Å². The van der Waals surface area contributed by atoms with Crippen molar-refractivity contribution in [3.05, 3.63) is 107 Å². The maximum atomic E-state index is 14.0. The minimum absolute atomic E-state index is 0.0522. The van der Waals surface area contributed by atoms with Crippen LogP contribution in [0, 0.1) is 5.82 Å². The van der Waals surface area contributed by atoms with Gasteiger partial charge in [-0.15, -0.1) is 0 Å². The molecule has 4 rings (SSSR count). The number of carbonyl (C=O) groups is 1. The van der Waals surface area contributed by atoms with E-state index in [9.17, 15) is 9.18 Å². The van der Waals surface area contributed by atoms with Gasteiger partial charge < -0.3 is 5.32 Å². The van der Waals surface area contributed by atoms with Crippen molar-refractivity contribution in [1.82, 2.24) is 10.3 Å². The summed E-state index contributed by atoms with van der Waals surface area (Å²) in [5.74, 6) is -0.337. The number of amides is 1. The van der Waals surface area contributed by atoms with Crippen LogP contribution in [0.1, 0.15) is 35.6 Å². The Bertz CT molecular complexity index is 1100. The van der Waals surface area contributed by atoms with Gasteiger partial charge in [0.2, 0.25) is 5.91 Å². The van der Waals surface area contributed by atoms with E-state index in [0.717, 1.165) is 39.0 Å². The largest absolute Gasteiger partial charge is 0.352 e. The average molecular weight is 384 g/mol. The van der Waals surface area contributed by atoms with Gasteiger partial charge in [-0.05, 0) is 76.2 Å². The summed E-state index contributed by atoms with van der Waals surface area (Å²) in [6.07, 6.45) is 5.73. The Balaban J connectivity index is 1.61. The van der Waals surface area contributed by atoms with Gasteiger partial charge in [0.1, 0.15) is 5.82 Å². The van der Waals surface area contributed by atoms with E-state index in [2.05, 4.69) is 10.3 Å². The first-order valence-corrected chi connectivity index (χ1v) is 9.54. The third-order valence-corrected chi connectivity index (χ3v) is 5.14. The first-order chi connectivity index (χ1) is 14.1. The van der Waals surface area contributed by atoms with Crippen molar-refractivity contribution in [1.29, 1.82) is 0 Å². The van der Waals surface area contributed by atoms with Crippen molar-refractivity contribution < 1.29 is 9.18 Å². The first kappa shape index (κ1) is 18.8. The molecule has 0 bridgehead atoms. The maximum Gasteiger partial charge on any atom is 0.224 e. The van der Waals surface area contributed by atoms with E-state index >= 15 is 0 Å².